The summed E-state index contributed by atoms with van der Waals surface area (Å²) in [5.74, 6) is -0.262. The van der Waals surface area contributed by atoms with Crippen molar-refractivity contribution >= 4 is 17.3 Å². The highest BCUT2D eigenvalue weighted by molar-refractivity contribution is 6.30. The van der Waals surface area contributed by atoms with E-state index in [4.69, 9.17) is 11.6 Å². The zero-order valence-electron chi connectivity index (χ0n) is 12.3. The molecule has 0 fully saturated rings. The van der Waals surface area contributed by atoms with Gasteiger partial charge in [0.15, 0.2) is 0 Å². The molecule has 0 radical (unpaired) electrons. The van der Waals surface area contributed by atoms with Crippen LogP contribution >= 0.6 is 11.6 Å². The van der Waals surface area contributed by atoms with Crippen LogP contribution in [0.3, 0.4) is 0 Å². The molecule has 0 aliphatic heterocycles. The molecule has 0 bridgehead atoms. The molecule has 2 aromatic carbocycles. The summed E-state index contributed by atoms with van der Waals surface area (Å²) in [6, 6.07) is 13.2. The SMILES string of the molecule is CC1(C)CCC(Nc2cc(Cl)ccc2F)c2ccccc21. The molecule has 0 heterocycles. The summed E-state index contributed by atoms with van der Waals surface area (Å²) in [6.07, 6.45) is 2.06. The minimum absolute atomic E-state index is 0.127. The Morgan fingerprint density at radius 1 is 1.19 bits per heavy atom. The number of rotatable bonds is 2. The molecule has 0 saturated carbocycles. The molecule has 1 unspecified atom stereocenters. The van der Waals surface area contributed by atoms with E-state index in [1.807, 2.05) is 6.07 Å². The van der Waals surface area contributed by atoms with E-state index in [-0.39, 0.29) is 17.3 Å². The molecule has 1 aliphatic rings. The molecule has 0 saturated heterocycles. The van der Waals surface area contributed by atoms with E-state index in [2.05, 4.69) is 37.4 Å². The summed E-state index contributed by atoms with van der Waals surface area (Å²) in [5, 5.41) is 3.87. The van der Waals surface area contributed by atoms with Crippen molar-refractivity contribution in [3.63, 3.8) is 0 Å². The van der Waals surface area contributed by atoms with Gasteiger partial charge in [0, 0.05) is 5.02 Å². The van der Waals surface area contributed by atoms with Crippen LogP contribution in [0.1, 0.15) is 43.9 Å². The minimum atomic E-state index is -0.262. The molecule has 3 heteroatoms. The average Bonchev–Trinajstić information content (AvgIpc) is 2.46. The Morgan fingerprint density at radius 2 is 1.95 bits per heavy atom. The van der Waals surface area contributed by atoms with Crippen molar-refractivity contribution in [2.75, 3.05) is 5.32 Å². The van der Waals surface area contributed by atoms with E-state index in [0.717, 1.165) is 12.8 Å². The van der Waals surface area contributed by atoms with E-state index in [9.17, 15) is 4.39 Å². The van der Waals surface area contributed by atoms with E-state index >= 15 is 0 Å². The lowest BCUT2D eigenvalue weighted by Gasteiger charge is -2.37. The molecule has 110 valence electrons. The summed E-state index contributed by atoms with van der Waals surface area (Å²) in [4.78, 5) is 0. The molecule has 1 atom stereocenters. The molecule has 1 N–H and O–H groups in total. The fraction of sp³-hybridized carbons (Fsp3) is 0.333. The smallest absolute Gasteiger partial charge is 0.146 e. The second kappa shape index (κ2) is 5.34. The first-order chi connectivity index (χ1) is 9.97. The summed E-state index contributed by atoms with van der Waals surface area (Å²) < 4.78 is 13.9. The van der Waals surface area contributed by atoms with Gasteiger partial charge in [0.05, 0.1) is 11.7 Å². The van der Waals surface area contributed by atoms with Gasteiger partial charge >= 0.3 is 0 Å². The second-order valence-corrected chi connectivity index (χ2v) is 6.77. The fourth-order valence-corrected chi connectivity index (χ4v) is 3.33. The van der Waals surface area contributed by atoms with Crippen LogP contribution in [0.2, 0.25) is 5.02 Å². The third-order valence-corrected chi connectivity index (χ3v) is 4.62. The predicted molar refractivity (Wildman–Crippen MR) is 86.5 cm³/mol. The third-order valence-electron chi connectivity index (χ3n) is 4.38. The van der Waals surface area contributed by atoms with Crippen molar-refractivity contribution in [1.82, 2.24) is 0 Å². The summed E-state index contributed by atoms with van der Waals surface area (Å²) in [7, 11) is 0. The molecule has 1 nitrogen and oxygen atoms in total. The maximum atomic E-state index is 13.9. The number of anilines is 1. The highest BCUT2D eigenvalue weighted by Gasteiger charge is 2.32. The first-order valence-electron chi connectivity index (χ1n) is 7.28. The lowest BCUT2D eigenvalue weighted by Crippen LogP contribution is -2.29. The number of fused-ring (bicyclic) bond motifs is 1. The number of hydrogen-bond donors (Lipinski definition) is 1. The van der Waals surface area contributed by atoms with Gasteiger partial charge in [0.2, 0.25) is 0 Å². The van der Waals surface area contributed by atoms with E-state index < -0.39 is 0 Å². The Labute approximate surface area is 130 Å². The Balaban J connectivity index is 1.96. The van der Waals surface area contributed by atoms with Gasteiger partial charge in [-0.2, -0.15) is 0 Å². The second-order valence-electron chi connectivity index (χ2n) is 6.33. The van der Waals surface area contributed by atoms with Gasteiger partial charge in [-0.1, -0.05) is 49.7 Å². The van der Waals surface area contributed by atoms with Crippen molar-refractivity contribution < 1.29 is 4.39 Å². The van der Waals surface area contributed by atoms with Gasteiger partial charge in [-0.05, 0) is 47.6 Å². The first kappa shape index (κ1) is 14.4. The van der Waals surface area contributed by atoms with Gasteiger partial charge < -0.3 is 5.32 Å². The third kappa shape index (κ3) is 2.77. The van der Waals surface area contributed by atoms with Gasteiger partial charge in [-0.25, -0.2) is 4.39 Å². The van der Waals surface area contributed by atoms with Crippen molar-refractivity contribution in [1.29, 1.82) is 0 Å². The standard InChI is InChI=1S/C18H19ClFN/c1-18(2)10-9-16(13-5-3-4-6-14(13)18)21-17-11-12(19)7-8-15(17)20/h3-8,11,16,21H,9-10H2,1-2H3. The van der Waals surface area contributed by atoms with Crippen molar-refractivity contribution in [3.8, 4) is 0 Å². The van der Waals surface area contributed by atoms with Crippen molar-refractivity contribution in [2.45, 2.75) is 38.1 Å². The predicted octanol–water partition coefficient (Wildman–Crippen LogP) is 5.70. The van der Waals surface area contributed by atoms with Crippen LogP contribution in [-0.2, 0) is 5.41 Å². The van der Waals surface area contributed by atoms with Crippen LogP contribution in [-0.4, -0.2) is 0 Å². The normalized spacial score (nSPS) is 19.9. The Hall–Kier alpha value is -1.54. The first-order valence-corrected chi connectivity index (χ1v) is 7.66. The van der Waals surface area contributed by atoms with Crippen LogP contribution in [0, 0.1) is 5.82 Å². The highest BCUT2D eigenvalue weighted by Crippen LogP contribution is 2.42. The Kier molecular flexibility index (Phi) is 3.66. The van der Waals surface area contributed by atoms with Gasteiger partial charge in [0.1, 0.15) is 5.82 Å². The fourth-order valence-electron chi connectivity index (χ4n) is 3.16. The zero-order chi connectivity index (χ0) is 15.0. The van der Waals surface area contributed by atoms with Crippen LogP contribution < -0.4 is 5.32 Å². The highest BCUT2D eigenvalue weighted by atomic mass is 35.5. The number of hydrogen-bond acceptors (Lipinski definition) is 1. The van der Waals surface area contributed by atoms with Crippen molar-refractivity contribution in [2.24, 2.45) is 0 Å². The van der Waals surface area contributed by atoms with Crippen LogP contribution in [0.25, 0.3) is 0 Å². The lowest BCUT2D eigenvalue weighted by atomic mass is 9.71. The maximum Gasteiger partial charge on any atom is 0.146 e. The molecule has 0 amide bonds. The Bertz CT molecular complexity index is 666. The number of benzene rings is 2. The van der Waals surface area contributed by atoms with Crippen molar-refractivity contribution in [3.05, 3.63) is 64.4 Å². The zero-order valence-corrected chi connectivity index (χ0v) is 13.0. The summed E-state index contributed by atoms with van der Waals surface area (Å²) in [5.41, 5.74) is 3.24. The largest absolute Gasteiger partial charge is 0.376 e. The number of halogens is 2. The summed E-state index contributed by atoms with van der Waals surface area (Å²) >= 11 is 5.97. The molecule has 21 heavy (non-hydrogen) atoms. The maximum absolute atomic E-state index is 13.9. The van der Waals surface area contributed by atoms with Gasteiger partial charge in [0.25, 0.3) is 0 Å². The van der Waals surface area contributed by atoms with Gasteiger partial charge in [-0.15, -0.1) is 0 Å². The van der Waals surface area contributed by atoms with Crippen LogP contribution in [0.15, 0.2) is 42.5 Å². The molecule has 0 aromatic heterocycles. The molecule has 3 rings (SSSR count). The van der Waals surface area contributed by atoms with Crippen LogP contribution in [0.5, 0.6) is 0 Å². The molecule has 1 aliphatic carbocycles. The quantitative estimate of drug-likeness (QED) is 0.750. The molecule has 2 aromatic rings. The number of nitrogens with one attached hydrogen (secondary N) is 1. The Morgan fingerprint density at radius 3 is 2.76 bits per heavy atom. The summed E-state index contributed by atoms with van der Waals surface area (Å²) in [6.45, 7) is 4.53. The lowest BCUT2D eigenvalue weighted by molar-refractivity contribution is 0.405. The molecular weight excluding hydrogens is 285 g/mol. The van der Waals surface area contributed by atoms with Gasteiger partial charge in [-0.3, -0.25) is 0 Å². The van der Waals surface area contributed by atoms with E-state index in [0.29, 0.717) is 10.7 Å². The minimum Gasteiger partial charge on any atom is -0.376 e. The molecular formula is C18H19ClFN. The van der Waals surface area contributed by atoms with E-state index in [1.165, 1.54) is 17.2 Å². The monoisotopic (exact) mass is 303 g/mol. The average molecular weight is 304 g/mol. The molecule has 0 spiro atoms. The van der Waals surface area contributed by atoms with E-state index in [1.54, 1.807) is 12.1 Å². The topological polar surface area (TPSA) is 12.0 Å². The van der Waals surface area contributed by atoms with Crippen LogP contribution in [0.4, 0.5) is 10.1 Å².